The van der Waals surface area contributed by atoms with Crippen molar-refractivity contribution in [1.82, 2.24) is 14.9 Å². The van der Waals surface area contributed by atoms with E-state index in [0.29, 0.717) is 24.2 Å². The normalized spacial score (nSPS) is 21.9. The maximum Gasteiger partial charge on any atom is 0.434 e. The number of anilines is 2. The highest BCUT2D eigenvalue weighted by atomic mass is 79.9. The molecule has 1 aliphatic carbocycles. The Kier molecular flexibility index (Phi) is 5.14. The fraction of sp³-hybridized carbons (Fsp3) is 0.421. The summed E-state index contributed by atoms with van der Waals surface area (Å²) in [6.45, 7) is 0.527. The first kappa shape index (κ1) is 19.9. The topological polar surface area (TPSA) is 84.1 Å². The van der Waals surface area contributed by atoms with Gasteiger partial charge < -0.3 is 16.0 Å². The minimum Gasteiger partial charge on any atom is -0.399 e. The van der Waals surface area contributed by atoms with Gasteiger partial charge in [-0.1, -0.05) is 6.07 Å². The molecule has 3 N–H and O–H groups in total. The minimum absolute atomic E-state index is 0.0000839. The second-order valence-electron chi connectivity index (χ2n) is 7.40. The summed E-state index contributed by atoms with van der Waals surface area (Å²) in [4.78, 5) is 22.2. The Labute approximate surface area is 173 Å². The highest BCUT2D eigenvalue weighted by Crippen LogP contribution is 2.35. The van der Waals surface area contributed by atoms with Gasteiger partial charge in [-0.15, -0.1) is 0 Å². The third-order valence-corrected chi connectivity index (χ3v) is 5.98. The molecule has 1 saturated carbocycles. The van der Waals surface area contributed by atoms with Crippen LogP contribution in [-0.4, -0.2) is 32.9 Å². The maximum atomic E-state index is 13.1. The molecule has 6 nitrogen and oxygen atoms in total. The summed E-state index contributed by atoms with van der Waals surface area (Å²) in [5.41, 5.74) is 6.92. The molecule has 1 fully saturated rings. The van der Waals surface area contributed by atoms with E-state index in [1.165, 1.54) is 0 Å². The molecule has 4 rings (SSSR count). The Morgan fingerprint density at radius 3 is 2.83 bits per heavy atom. The molecule has 0 spiro atoms. The fourth-order valence-electron chi connectivity index (χ4n) is 4.03. The predicted octanol–water partition coefficient (Wildman–Crippen LogP) is 4.22. The molecule has 29 heavy (non-hydrogen) atoms. The van der Waals surface area contributed by atoms with E-state index < -0.39 is 11.9 Å². The molecule has 2 heterocycles. The number of alkyl halides is 3. The van der Waals surface area contributed by atoms with Crippen molar-refractivity contribution in [2.45, 2.75) is 50.5 Å². The highest BCUT2D eigenvalue weighted by Gasteiger charge is 2.37. The number of hydrogen-bond acceptors (Lipinski definition) is 5. The van der Waals surface area contributed by atoms with Crippen molar-refractivity contribution in [3.8, 4) is 0 Å². The summed E-state index contributed by atoms with van der Waals surface area (Å²) in [5, 5.41) is 3.02. The Morgan fingerprint density at radius 2 is 2.07 bits per heavy atom. The molecule has 2 aliphatic rings. The lowest BCUT2D eigenvalue weighted by Crippen LogP contribution is -2.42. The highest BCUT2D eigenvalue weighted by molar-refractivity contribution is 9.10. The molecule has 2 aromatic rings. The van der Waals surface area contributed by atoms with Crippen LogP contribution < -0.4 is 11.1 Å². The molecule has 0 saturated heterocycles. The molecule has 1 aromatic heterocycles. The third-order valence-electron chi connectivity index (χ3n) is 5.40. The number of rotatable bonds is 3. The van der Waals surface area contributed by atoms with Crippen molar-refractivity contribution in [3.05, 3.63) is 45.7 Å². The Bertz CT molecular complexity index is 952. The molecule has 1 amide bonds. The number of halogens is 4. The first-order chi connectivity index (χ1) is 13.7. The van der Waals surface area contributed by atoms with E-state index >= 15 is 0 Å². The average molecular weight is 470 g/mol. The van der Waals surface area contributed by atoms with Gasteiger partial charge in [-0.05, 0) is 59.3 Å². The van der Waals surface area contributed by atoms with Crippen LogP contribution in [0.2, 0.25) is 0 Å². The van der Waals surface area contributed by atoms with E-state index in [-0.39, 0.29) is 28.4 Å². The first-order valence-corrected chi connectivity index (χ1v) is 10.1. The number of fused-ring (bicyclic) bond motifs is 1. The van der Waals surface area contributed by atoms with E-state index in [4.69, 9.17) is 5.73 Å². The lowest BCUT2D eigenvalue weighted by Gasteiger charge is -2.35. The zero-order valence-electron chi connectivity index (χ0n) is 15.3. The van der Waals surface area contributed by atoms with Crippen molar-refractivity contribution >= 4 is 33.5 Å². The zero-order valence-corrected chi connectivity index (χ0v) is 16.9. The number of nitrogens with one attached hydrogen (secondary N) is 1. The smallest absolute Gasteiger partial charge is 0.399 e. The van der Waals surface area contributed by atoms with E-state index in [0.717, 1.165) is 31.0 Å². The number of hydrogen-bond donors (Lipinski definition) is 2. The quantitative estimate of drug-likeness (QED) is 0.657. The second-order valence-corrected chi connectivity index (χ2v) is 8.25. The van der Waals surface area contributed by atoms with Gasteiger partial charge in [-0.3, -0.25) is 4.79 Å². The molecule has 10 heteroatoms. The summed E-state index contributed by atoms with van der Waals surface area (Å²) in [7, 11) is 0. The van der Waals surface area contributed by atoms with Gasteiger partial charge in [0.1, 0.15) is 0 Å². The Morgan fingerprint density at radius 1 is 1.28 bits per heavy atom. The molecule has 0 bridgehead atoms. The predicted molar refractivity (Wildman–Crippen MR) is 105 cm³/mol. The number of nitrogens with zero attached hydrogens (tertiary/aromatic N) is 3. The molecular formula is C19H19BrF3N5O. The fourth-order valence-corrected chi connectivity index (χ4v) is 4.45. The lowest BCUT2D eigenvalue weighted by molar-refractivity contribution is -0.141. The van der Waals surface area contributed by atoms with Crippen molar-refractivity contribution in [2.75, 3.05) is 11.1 Å². The summed E-state index contributed by atoms with van der Waals surface area (Å²) in [6.07, 6.45) is -0.364. The van der Waals surface area contributed by atoms with E-state index in [1.807, 2.05) is 11.0 Å². The number of nitrogens with two attached hydrogens (primary N) is 1. The number of carbonyl (C=O) groups is 1. The van der Waals surface area contributed by atoms with E-state index in [9.17, 15) is 18.0 Å². The number of aromatic nitrogens is 2. The average Bonchev–Trinajstić information content (AvgIpc) is 2.99. The molecular weight excluding hydrogens is 451 g/mol. The van der Waals surface area contributed by atoms with Crippen LogP contribution in [0, 0.1) is 0 Å². The second kappa shape index (κ2) is 7.47. The van der Waals surface area contributed by atoms with Gasteiger partial charge in [0, 0.05) is 36.1 Å². The molecule has 1 aromatic carbocycles. The van der Waals surface area contributed by atoms with Crippen molar-refractivity contribution < 1.29 is 18.0 Å². The van der Waals surface area contributed by atoms with Crippen LogP contribution in [0.15, 0.2) is 28.9 Å². The molecule has 0 radical (unpaired) electrons. The van der Waals surface area contributed by atoms with Gasteiger partial charge in [0.05, 0.1) is 4.47 Å². The van der Waals surface area contributed by atoms with Crippen LogP contribution in [-0.2, 0) is 12.7 Å². The molecule has 154 valence electrons. The van der Waals surface area contributed by atoms with Crippen LogP contribution >= 0.6 is 15.9 Å². The van der Waals surface area contributed by atoms with Gasteiger partial charge in [-0.25, -0.2) is 9.97 Å². The first-order valence-electron chi connectivity index (χ1n) is 9.28. The van der Waals surface area contributed by atoms with E-state index in [2.05, 4.69) is 31.2 Å². The van der Waals surface area contributed by atoms with Gasteiger partial charge >= 0.3 is 6.18 Å². The van der Waals surface area contributed by atoms with Crippen LogP contribution in [0.4, 0.5) is 24.8 Å². The Balaban J connectivity index is 1.47. The summed E-state index contributed by atoms with van der Waals surface area (Å²) < 4.78 is 39.0. The third kappa shape index (κ3) is 4.03. The standard InChI is InChI=1S/C19H19BrF3N5O/c20-15-8-25-18(27-16(15)19(21,22)23)26-12-2-1-3-13(7-12)28-9-10-4-5-11(24)6-14(10)17(28)29/h4-6,8,12-13H,1-3,7,9,24H2,(H,25,26,27)/t12-,13+/m1/s1. The van der Waals surface area contributed by atoms with Crippen molar-refractivity contribution in [3.63, 3.8) is 0 Å². The number of carbonyl (C=O) groups excluding carboxylic acids is 1. The van der Waals surface area contributed by atoms with Gasteiger partial charge in [-0.2, -0.15) is 13.2 Å². The van der Waals surface area contributed by atoms with Crippen molar-refractivity contribution in [2.24, 2.45) is 0 Å². The number of amides is 1. The monoisotopic (exact) mass is 469 g/mol. The number of benzene rings is 1. The molecule has 1 aliphatic heterocycles. The molecule has 0 unspecified atom stereocenters. The van der Waals surface area contributed by atoms with Crippen molar-refractivity contribution in [1.29, 1.82) is 0 Å². The Hall–Kier alpha value is -2.36. The lowest BCUT2D eigenvalue weighted by atomic mass is 9.90. The van der Waals surface area contributed by atoms with Crippen LogP contribution in [0.25, 0.3) is 0 Å². The van der Waals surface area contributed by atoms with Crippen LogP contribution in [0.5, 0.6) is 0 Å². The largest absolute Gasteiger partial charge is 0.434 e. The SMILES string of the molecule is Nc1ccc2c(c1)C(=O)N([C@H]1CCC[C@@H](Nc3ncc(Br)c(C(F)(F)F)n3)C1)C2. The minimum atomic E-state index is -4.57. The van der Waals surface area contributed by atoms with E-state index in [1.54, 1.807) is 12.1 Å². The summed E-state index contributed by atoms with van der Waals surface area (Å²) in [5.74, 6) is -0.104. The summed E-state index contributed by atoms with van der Waals surface area (Å²) in [6, 6.07) is 5.24. The van der Waals surface area contributed by atoms with Gasteiger partial charge in [0.25, 0.3) is 5.91 Å². The van der Waals surface area contributed by atoms with Gasteiger partial charge in [0.15, 0.2) is 5.69 Å². The summed E-state index contributed by atoms with van der Waals surface area (Å²) >= 11 is 2.85. The zero-order chi connectivity index (χ0) is 20.8. The van der Waals surface area contributed by atoms with Crippen LogP contribution in [0.3, 0.4) is 0 Å². The molecule has 2 atom stereocenters. The van der Waals surface area contributed by atoms with Gasteiger partial charge in [0.2, 0.25) is 5.95 Å². The van der Waals surface area contributed by atoms with Crippen LogP contribution in [0.1, 0.15) is 47.3 Å². The number of nitrogen functional groups attached to an aromatic ring is 1. The maximum absolute atomic E-state index is 13.1.